The molecule has 0 radical (unpaired) electrons. The van der Waals surface area contributed by atoms with Gasteiger partial charge in [-0.25, -0.2) is 4.79 Å². The Kier molecular flexibility index (Phi) is 6.83. The number of benzene rings is 2. The zero-order chi connectivity index (χ0) is 23.2. The number of carbonyl (C=O) groups excluding carboxylic acids is 2. The van der Waals surface area contributed by atoms with Crippen molar-refractivity contribution in [3.63, 3.8) is 0 Å². The number of hydrogen-bond donors (Lipinski definition) is 1. The van der Waals surface area contributed by atoms with Crippen LogP contribution >= 0.6 is 0 Å². The molecule has 2 aromatic carbocycles. The summed E-state index contributed by atoms with van der Waals surface area (Å²) >= 11 is 0. The van der Waals surface area contributed by atoms with E-state index in [0.717, 1.165) is 42.2 Å². The summed E-state index contributed by atoms with van der Waals surface area (Å²) in [6, 6.07) is 18.2. The van der Waals surface area contributed by atoms with E-state index in [1.807, 2.05) is 36.4 Å². The second kappa shape index (κ2) is 10.1. The number of esters is 1. The van der Waals surface area contributed by atoms with Gasteiger partial charge >= 0.3 is 5.97 Å². The first-order valence-electron chi connectivity index (χ1n) is 10.8. The number of rotatable bonds is 6. The molecule has 1 fully saturated rings. The van der Waals surface area contributed by atoms with Crippen LogP contribution in [0.3, 0.4) is 0 Å². The highest BCUT2D eigenvalue weighted by molar-refractivity contribution is 5.94. The van der Waals surface area contributed by atoms with E-state index >= 15 is 0 Å². The molecule has 0 bridgehead atoms. The van der Waals surface area contributed by atoms with Crippen molar-refractivity contribution in [2.45, 2.75) is 12.8 Å². The number of piperidine rings is 1. The van der Waals surface area contributed by atoms with Crippen LogP contribution in [0.15, 0.2) is 60.7 Å². The van der Waals surface area contributed by atoms with E-state index in [4.69, 9.17) is 9.47 Å². The smallest absolute Gasteiger partial charge is 0.337 e. The van der Waals surface area contributed by atoms with Gasteiger partial charge < -0.3 is 19.7 Å². The Morgan fingerprint density at radius 3 is 2.36 bits per heavy atom. The van der Waals surface area contributed by atoms with Crippen molar-refractivity contribution in [2.24, 2.45) is 5.92 Å². The number of nitrogens with zero attached hydrogens (tertiary/aromatic N) is 3. The molecule has 3 aromatic rings. The lowest BCUT2D eigenvalue weighted by molar-refractivity contribution is -0.120. The summed E-state index contributed by atoms with van der Waals surface area (Å²) in [6.07, 6.45) is 1.70. The molecule has 1 N–H and O–H groups in total. The first-order valence-corrected chi connectivity index (χ1v) is 10.8. The van der Waals surface area contributed by atoms with Gasteiger partial charge in [0.05, 0.1) is 31.4 Å². The summed E-state index contributed by atoms with van der Waals surface area (Å²) in [5, 5.41) is 11.7. The van der Waals surface area contributed by atoms with Crippen LogP contribution in [0.5, 0.6) is 5.75 Å². The predicted molar refractivity (Wildman–Crippen MR) is 125 cm³/mol. The van der Waals surface area contributed by atoms with Crippen molar-refractivity contribution >= 4 is 23.4 Å². The van der Waals surface area contributed by atoms with E-state index in [-0.39, 0.29) is 11.8 Å². The molecule has 8 nitrogen and oxygen atoms in total. The lowest BCUT2D eigenvalue weighted by Crippen LogP contribution is -2.41. The molecule has 1 aromatic heterocycles. The lowest BCUT2D eigenvalue weighted by atomic mass is 9.97. The van der Waals surface area contributed by atoms with Gasteiger partial charge in [-0.2, -0.15) is 0 Å². The van der Waals surface area contributed by atoms with E-state index < -0.39 is 5.97 Å². The van der Waals surface area contributed by atoms with Crippen LogP contribution in [-0.2, 0) is 9.53 Å². The highest BCUT2D eigenvalue weighted by Gasteiger charge is 2.27. The number of aromatic nitrogens is 2. The number of amides is 1. The lowest BCUT2D eigenvalue weighted by Gasteiger charge is -2.32. The van der Waals surface area contributed by atoms with Gasteiger partial charge in [0.2, 0.25) is 5.91 Å². The fraction of sp³-hybridized carbons (Fsp3) is 0.280. The summed E-state index contributed by atoms with van der Waals surface area (Å²) < 4.78 is 9.90. The third kappa shape index (κ3) is 5.28. The molecular formula is C25H26N4O4. The van der Waals surface area contributed by atoms with Gasteiger partial charge in [-0.05, 0) is 73.5 Å². The summed E-state index contributed by atoms with van der Waals surface area (Å²) in [5.41, 5.74) is 2.83. The Hall–Kier alpha value is -3.94. The third-order valence-corrected chi connectivity index (χ3v) is 5.73. The number of carbonyl (C=O) groups is 2. The number of hydrogen-bond acceptors (Lipinski definition) is 7. The van der Waals surface area contributed by atoms with Crippen LogP contribution in [-0.4, -0.2) is 49.4 Å². The average Bonchev–Trinajstić information content (AvgIpc) is 2.89. The van der Waals surface area contributed by atoms with E-state index in [0.29, 0.717) is 17.8 Å². The largest absolute Gasteiger partial charge is 0.497 e. The van der Waals surface area contributed by atoms with Crippen LogP contribution in [0.25, 0.3) is 11.3 Å². The summed E-state index contributed by atoms with van der Waals surface area (Å²) in [7, 11) is 2.97. The van der Waals surface area contributed by atoms with Crippen LogP contribution in [0.1, 0.15) is 23.2 Å². The Balaban J connectivity index is 1.38. The summed E-state index contributed by atoms with van der Waals surface area (Å²) in [6.45, 7) is 1.40. The standard InChI is InChI=1S/C25H26N4O4/c1-32-21-11-7-17(8-12-21)22-13-14-23(28-27-22)29-15-3-4-19(16-29)24(30)26-20-9-5-18(6-10-20)25(31)33-2/h5-14,19H,3-4,15-16H2,1-2H3,(H,26,30). The van der Waals surface area contributed by atoms with Gasteiger partial charge in [-0.15, -0.1) is 10.2 Å². The quantitative estimate of drug-likeness (QED) is 0.576. The van der Waals surface area contributed by atoms with E-state index in [2.05, 4.69) is 20.4 Å². The van der Waals surface area contributed by atoms with Crippen molar-refractivity contribution in [3.8, 4) is 17.0 Å². The second-order valence-corrected chi connectivity index (χ2v) is 7.85. The first kappa shape index (κ1) is 22.3. The molecule has 0 saturated carbocycles. The van der Waals surface area contributed by atoms with Crippen LogP contribution in [0.2, 0.25) is 0 Å². The molecule has 4 rings (SSSR count). The molecule has 0 aliphatic carbocycles. The van der Waals surface area contributed by atoms with Gasteiger partial charge in [-0.1, -0.05) is 0 Å². The van der Waals surface area contributed by atoms with Crippen molar-refractivity contribution in [2.75, 3.05) is 37.5 Å². The van der Waals surface area contributed by atoms with Gasteiger partial charge in [0.1, 0.15) is 5.75 Å². The summed E-state index contributed by atoms with van der Waals surface area (Å²) in [5.74, 6) is 0.929. The van der Waals surface area contributed by atoms with Crippen LogP contribution < -0.4 is 15.0 Å². The van der Waals surface area contributed by atoms with Gasteiger partial charge in [0.25, 0.3) is 0 Å². The topological polar surface area (TPSA) is 93.7 Å². The van der Waals surface area contributed by atoms with Gasteiger partial charge in [0, 0.05) is 24.3 Å². The number of nitrogens with one attached hydrogen (secondary N) is 1. The van der Waals surface area contributed by atoms with E-state index in [1.54, 1.807) is 31.4 Å². The Morgan fingerprint density at radius 1 is 0.970 bits per heavy atom. The normalized spacial score (nSPS) is 15.6. The van der Waals surface area contributed by atoms with E-state index in [9.17, 15) is 9.59 Å². The Bertz CT molecular complexity index is 1100. The highest BCUT2D eigenvalue weighted by Crippen LogP contribution is 2.25. The minimum atomic E-state index is -0.407. The molecule has 8 heteroatoms. The zero-order valence-corrected chi connectivity index (χ0v) is 18.7. The molecule has 170 valence electrons. The highest BCUT2D eigenvalue weighted by atomic mass is 16.5. The monoisotopic (exact) mass is 446 g/mol. The number of methoxy groups -OCH3 is 2. The molecule has 1 amide bonds. The van der Waals surface area contributed by atoms with Gasteiger partial charge in [0.15, 0.2) is 5.82 Å². The Labute approximate surface area is 192 Å². The maximum atomic E-state index is 12.8. The van der Waals surface area contributed by atoms with E-state index in [1.165, 1.54) is 7.11 Å². The first-order chi connectivity index (χ1) is 16.1. The molecule has 1 saturated heterocycles. The maximum absolute atomic E-state index is 12.8. The molecule has 1 unspecified atom stereocenters. The van der Waals surface area contributed by atoms with Crippen LogP contribution in [0.4, 0.5) is 11.5 Å². The van der Waals surface area contributed by atoms with Gasteiger partial charge in [-0.3, -0.25) is 4.79 Å². The molecule has 33 heavy (non-hydrogen) atoms. The van der Waals surface area contributed by atoms with Crippen molar-refractivity contribution in [1.82, 2.24) is 10.2 Å². The molecule has 1 aliphatic rings. The molecule has 1 atom stereocenters. The van der Waals surface area contributed by atoms with Crippen molar-refractivity contribution in [3.05, 3.63) is 66.2 Å². The van der Waals surface area contributed by atoms with Crippen molar-refractivity contribution in [1.29, 1.82) is 0 Å². The molecular weight excluding hydrogens is 420 g/mol. The molecule has 1 aliphatic heterocycles. The fourth-order valence-electron chi connectivity index (χ4n) is 3.86. The average molecular weight is 447 g/mol. The van der Waals surface area contributed by atoms with Crippen molar-refractivity contribution < 1.29 is 19.1 Å². The maximum Gasteiger partial charge on any atom is 0.337 e. The third-order valence-electron chi connectivity index (χ3n) is 5.73. The number of ether oxygens (including phenoxy) is 2. The molecule has 2 heterocycles. The minimum absolute atomic E-state index is 0.0478. The molecule has 0 spiro atoms. The summed E-state index contributed by atoms with van der Waals surface area (Å²) in [4.78, 5) is 26.5. The number of anilines is 2. The SMILES string of the molecule is COC(=O)c1ccc(NC(=O)C2CCCN(c3ccc(-c4ccc(OC)cc4)nn3)C2)cc1. The minimum Gasteiger partial charge on any atom is -0.497 e. The fourth-order valence-corrected chi connectivity index (χ4v) is 3.86. The zero-order valence-electron chi connectivity index (χ0n) is 18.7. The Morgan fingerprint density at radius 2 is 1.73 bits per heavy atom. The predicted octanol–water partition coefficient (Wildman–Crippen LogP) is 3.79. The van der Waals surface area contributed by atoms with Crippen LogP contribution in [0, 0.1) is 5.92 Å². The second-order valence-electron chi connectivity index (χ2n) is 7.85.